The summed E-state index contributed by atoms with van der Waals surface area (Å²) in [5, 5.41) is 3.83. The van der Waals surface area contributed by atoms with Gasteiger partial charge in [-0.15, -0.1) is 0 Å². The Hall–Kier alpha value is -1.13. The largest absolute Gasteiger partial charge is 0.340 e. The average molecular weight is 341 g/mol. The number of benzene rings is 1. The molecule has 2 rings (SSSR count). The summed E-state index contributed by atoms with van der Waals surface area (Å²) in [4.78, 5) is 8.73. The van der Waals surface area contributed by atoms with Crippen molar-refractivity contribution < 1.29 is 0 Å². The lowest BCUT2D eigenvalue weighted by atomic mass is 10.2. The summed E-state index contributed by atoms with van der Waals surface area (Å²) in [5.74, 6) is 1.50. The molecular formula is C14H15BrClN3. The number of hydrogen-bond acceptors (Lipinski definition) is 3. The first-order chi connectivity index (χ1) is 9.01. The van der Waals surface area contributed by atoms with Crippen LogP contribution >= 0.6 is 27.5 Å². The van der Waals surface area contributed by atoms with Crippen LogP contribution < -0.4 is 5.32 Å². The van der Waals surface area contributed by atoms with Crippen molar-refractivity contribution >= 4 is 39.0 Å². The minimum atomic E-state index is 0.502. The number of halogens is 2. The van der Waals surface area contributed by atoms with E-state index in [0.717, 1.165) is 39.4 Å². The molecular weight excluding hydrogens is 326 g/mol. The molecule has 3 nitrogen and oxygen atoms in total. The first-order valence-electron chi connectivity index (χ1n) is 6.07. The maximum atomic E-state index is 6.13. The topological polar surface area (TPSA) is 37.8 Å². The Balaban J connectivity index is 2.42. The molecule has 0 spiro atoms. The highest BCUT2D eigenvalue weighted by Crippen LogP contribution is 2.27. The van der Waals surface area contributed by atoms with Crippen LogP contribution in [0, 0.1) is 13.8 Å². The predicted octanol–water partition coefficient (Wildman–Crippen LogP) is 4.82. The van der Waals surface area contributed by atoms with Gasteiger partial charge >= 0.3 is 0 Å². The molecule has 2 aromatic rings. The van der Waals surface area contributed by atoms with E-state index in [1.165, 1.54) is 0 Å². The normalized spacial score (nSPS) is 10.6. The molecule has 0 atom stereocenters. The van der Waals surface area contributed by atoms with Crippen molar-refractivity contribution in [3.8, 4) is 0 Å². The number of rotatable bonds is 3. The molecule has 1 heterocycles. The maximum Gasteiger partial charge on any atom is 0.138 e. The number of aryl methyl sites for hydroxylation is 2. The highest BCUT2D eigenvalue weighted by atomic mass is 79.9. The van der Waals surface area contributed by atoms with E-state index in [1.807, 2.05) is 39.0 Å². The Morgan fingerprint density at radius 1 is 1.26 bits per heavy atom. The van der Waals surface area contributed by atoms with Gasteiger partial charge in [0.15, 0.2) is 0 Å². The van der Waals surface area contributed by atoms with Gasteiger partial charge in [-0.3, -0.25) is 0 Å². The van der Waals surface area contributed by atoms with E-state index >= 15 is 0 Å². The first kappa shape index (κ1) is 14.3. The summed E-state index contributed by atoms with van der Waals surface area (Å²) in [6.07, 6.45) is 0.756. The van der Waals surface area contributed by atoms with E-state index in [2.05, 4.69) is 31.2 Å². The second-order valence-electron chi connectivity index (χ2n) is 4.34. The Morgan fingerprint density at radius 3 is 2.68 bits per heavy atom. The Kier molecular flexibility index (Phi) is 4.42. The fourth-order valence-corrected chi connectivity index (χ4v) is 2.22. The third-order valence-corrected chi connectivity index (χ3v) is 3.76. The van der Waals surface area contributed by atoms with Crippen LogP contribution in [-0.4, -0.2) is 9.97 Å². The summed E-state index contributed by atoms with van der Waals surface area (Å²) < 4.78 is 1.02. The predicted molar refractivity (Wildman–Crippen MR) is 83.3 cm³/mol. The van der Waals surface area contributed by atoms with Crippen molar-refractivity contribution in [1.29, 1.82) is 0 Å². The van der Waals surface area contributed by atoms with E-state index < -0.39 is 0 Å². The van der Waals surface area contributed by atoms with Gasteiger partial charge in [0.1, 0.15) is 16.8 Å². The number of hydrogen-bond donors (Lipinski definition) is 1. The van der Waals surface area contributed by atoms with Crippen molar-refractivity contribution in [1.82, 2.24) is 9.97 Å². The second kappa shape index (κ2) is 5.88. The van der Waals surface area contributed by atoms with Crippen molar-refractivity contribution in [2.75, 3.05) is 5.32 Å². The van der Waals surface area contributed by atoms with Crippen molar-refractivity contribution in [2.24, 2.45) is 0 Å². The number of aromatic nitrogens is 2. The minimum absolute atomic E-state index is 0.502. The molecule has 0 bridgehead atoms. The standard InChI is InChI=1S/C14H15BrClN3/c1-4-12-18-13(16)9(3)14(19-12)17-11-7-10(15)6-5-8(11)2/h5-7H,4H2,1-3H3,(H,17,18,19). The second-order valence-corrected chi connectivity index (χ2v) is 5.62. The number of anilines is 2. The fourth-order valence-electron chi connectivity index (χ4n) is 1.67. The Bertz CT molecular complexity index is 614. The zero-order valence-electron chi connectivity index (χ0n) is 11.1. The summed E-state index contributed by atoms with van der Waals surface area (Å²) in [6.45, 7) is 5.97. The fraction of sp³-hybridized carbons (Fsp3) is 0.286. The van der Waals surface area contributed by atoms with Crippen LogP contribution in [0.25, 0.3) is 0 Å². The van der Waals surface area contributed by atoms with Gasteiger partial charge in [0, 0.05) is 22.1 Å². The molecule has 1 aromatic heterocycles. The molecule has 100 valence electrons. The summed E-state index contributed by atoms with van der Waals surface area (Å²) in [7, 11) is 0. The van der Waals surface area contributed by atoms with E-state index in [0.29, 0.717) is 5.15 Å². The van der Waals surface area contributed by atoms with Gasteiger partial charge in [-0.2, -0.15) is 0 Å². The van der Waals surface area contributed by atoms with Gasteiger partial charge in [0.05, 0.1) is 0 Å². The van der Waals surface area contributed by atoms with Crippen molar-refractivity contribution in [3.63, 3.8) is 0 Å². The Morgan fingerprint density at radius 2 is 2.00 bits per heavy atom. The van der Waals surface area contributed by atoms with Gasteiger partial charge in [-0.1, -0.05) is 40.5 Å². The zero-order chi connectivity index (χ0) is 14.0. The highest BCUT2D eigenvalue weighted by molar-refractivity contribution is 9.10. The van der Waals surface area contributed by atoms with Crippen LogP contribution in [0.2, 0.25) is 5.15 Å². The molecule has 0 aliphatic rings. The monoisotopic (exact) mass is 339 g/mol. The molecule has 0 unspecified atom stereocenters. The number of nitrogens with zero attached hydrogens (tertiary/aromatic N) is 2. The van der Waals surface area contributed by atoms with Crippen LogP contribution in [0.3, 0.4) is 0 Å². The summed E-state index contributed by atoms with van der Waals surface area (Å²) in [6, 6.07) is 6.08. The first-order valence-corrected chi connectivity index (χ1v) is 7.24. The minimum Gasteiger partial charge on any atom is -0.340 e. The molecule has 0 radical (unpaired) electrons. The smallest absolute Gasteiger partial charge is 0.138 e. The van der Waals surface area contributed by atoms with Gasteiger partial charge < -0.3 is 5.32 Å². The lowest BCUT2D eigenvalue weighted by Gasteiger charge is -2.13. The van der Waals surface area contributed by atoms with Crippen molar-refractivity contribution in [2.45, 2.75) is 27.2 Å². The molecule has 1 N–H and O–H groups in total. The van der Waals surface area contributed by atoms with Crippen LogP contribution in [-0.2, 0) is 6.42 Å². The zero-order valence-corrected chi connectivity index (χ0v) is 13.4. The third kappa shape index (κ3) is 3.25. The van der Waals surface area contributed by atoms with Gasteiger partial charge in [0.2, 0.25) is 0 Å². The van der Waals surface area contributed by atoms with E-state index in [-0.39, 0.29) is 0 Å². The van der Waals surface area contributed by atoms with E-state index in [4.69, 9.17) is 11.6 Å². The molecule has 0 fully saturated rings. The molecule has 0 aliphatic heterocycles. The molecule has 0 saturated carbocycles. The maximum absolute atomic E-state index is 6.13. The van der Waals surface area contributed by atoms with E-state index in [9.17, 15) is 0 Å². The molecule has 0 amide bonds. The molecule has 1 aromatic carbocycles. The van der Waals surface area contributed by atoms with Crippen LogP contribution in [0.15, 0.2) is 22.7 Å². The number of nitrogens with one attached hydrogen (secondary N) is 1. The average Bonchev–Trinajstić information content (AvgIpc) is 2.38. The molecule has 5 heteroatoms. The lowest BCUT2D eigenvalue weighted by molar-refractivity contribution is 0.934. The quantitative estimate of drug-likeness (QED) is 0.814. The molecule has 0 saturated heterocycles. The summed E-state index contributed by atoms with van der Waals surface area (Å²) >= 11 is 9.61. The SMILES string of the molecule is CCc1nc(Cl)c(C)c(Nc2cc(Br)ccc2C)n1. The van der Waals surface area contributed by atoms with Crippen LogP contribution in [0.4, 0.5) is 11.5 Å². The van der Waals surface area contributed by atoms with Crippen LogP contribution in [0.1, 0.15) is 23.9 Å². The highest BCUT2D eigenvalue weighted by Gasteiger charge is 2.10. The lowest BCUT2D eigenvalue weighted by Crippen LogP contribution is -2.04. The summed E-state index contributed by atoms with van der Waals surface area (Å²) in [5.41, 5.74) is 3.02. The van der Waals surface area contributed by atoms with Gasteiger partial charge in [0.25, 0.3) is 0 Å². The Labute approximate surface area is 126 Å². The van der Waals surface area contributed by atoms with E-state index in [1.54, 1.807) is 0 Å². The third-order valence-electron chi connectivity index (χ3n) is 2.90. The van der Waals surface area contributed by atoms with Crippen molar-refractivity contribution in [3.05, 3.63) is 44.8 Å². The van der Waals surface area contributed by atoms with Gasteiger partial charge in [-0.05, 0) is 31.5 Å². The van der Waals surface area contributed by atoms with Gasteiger partial charge in [-0.25, -0.2) is 9.97 Å². The molecule has 0 aliphatic carbocycles. The molecule has 19 heavy (non-hydrogen) atoms. The van der Waals surface area contributed by atoms with Crippen LogP contribution in [0.5, 0.6) is 0 Å².